The second kappa shape index (κ2) is 8.00. The fourth-order valence-electron chi connectivity index (χ4n) is 3.37. The number of hydrogen-bond acceptors (Lipinski definition) is 6. The number of ether oxygens (including phenoxy) is 3. The van der Waals surface area contributed by atoms with Crippen molar-refractivity contribution in [3.8, 4) is 17.2 Å². The van der Waals surface area contributed by atoms with Gasteiger partial charge in [-0.1, -0.05) is 13.8 Å². The van der Waals surface area contributed by atoms with E-state index in [1.165, 1.54) is 0 Å². The molecule has 0 amide bonds. The number of nitrogens with zero attached hydrogens (tertiary/aromatic N) is 2. The van der Waals surface area contributed by atoms with Gasteiger partial charge in [0.25, 0.3) is 5.56 Å². The van der Waals surface area contributed by atoms with Crippen LogP contribution >= 0.6 is 0 Å². The molecule has 0 spiro atoms. The van der Waals surface area contributed by atoms with E-state index in [1.807, 2.05) is 26.0 Å². The van der Waals surface area contributed by atoms with Gasteiger partial charge in [0.1, 0.15) is 23.1 Å². The van der Waals surface area contributed by atoms with Crippen LogP contribution in [-0.4, -0.2) is 42.7 Å². The molecule has 0 unspecified atom stereocenters. The molecule has 1 aromatic heterocycles. The molecule has 0 saturated heterocycles. The number of H-pyrrole nitrogens is 1. The monoisotopic (exact) mass is 373 g/mol. The molecule has 0 bridgehead atoms. The highest BCUT2D eigenvalue weighted by Crippen LogP contribution is 2.35. The summed E-state index contributed by atoms with van der Waals surface area (Å²) in [5.74, 6) is 3.05. The van der Waals surface area contributed by atoms with Crippen LogP contribution in [0.3, 0.4) is 0 Å². The summed E-state index contributed by atoms with van der Waals surface area (Å²) in [6, 6.07) is 3.69. The number of benzene rings is 1. The van der Waals surface area contributed by atoms with Crippen molar-refractivity contribution >= 4 is 0 Å². The molecule has 0 fully saturated rings. The third-order valence-corrected chi connectivity index (χ3v) is 4.91. The van der Waals surface area contributed by atoms with Crippen molar-refractivity contribution in [1.82, 2.24) is 14.9 Å². The zero-order valence-corrected chi connectivity index (χ0v) is 16.6. The molecule has 27 heavy (non-hydrogen) atoms. The highest BCUT2D eigenvalue weighted by Gasteiger charge is 2.24. The molecule has 2 heterocycles. The second-order valence-corrected chi connectivity index (χ2v) is 7.00. The van der Waals surface area contributed by atoms with Crippen LogP contribution in [0.15, 0.2) is 16.9 Å². The van der Waals surface area contributed by atoms with E-state index in [1.54, 1.807) is 21.3 Å². The summed E-state index contributed by atoms with van der Waals surface area (Å²) in [6.45, 7) is 6.04. The van der Waals surface area contributed by atoms with E-state index < -0.39 is 0 Å². The largest absolute Gasteiger partial charge is 0.496 e. The number of rotatable bonds is 6. The summed E-state index contributed by atoms with van der Waals surface area (Å²) in [4.78, 5) is 22.3. The van der Waals surface area contributed by atoms with E-state index in [-0.39, 0.29) is 11.5 Å². The predicted octanol–water partition coefficient (Wildman–Crippen LogP) is 2.48. The third kappa shape index (κ3) is 3.93. The standard InChI is InChI=1S/C20H27N3O4/c1-12(2)19-21-16-6-7-23(10-14(16)20(24)22-19)11-15-17(26-4)8-13(25-3)9-18(15)27-5/h8-9,12H,6-7,10-11H2,1-5H3,(H,21,22,24). The minimum atomic E-state index is -0.0398. The van der Waals surface area contributed by atoms with Gasteiger partial charge in [-0.25, -0.2) is 4.98 Å². The van der Waals surface area contributed by atoms with Crippen molar-refractivity contribution in [1.29, 1.82) is 0 Å². The van der Waals surface area contributed by atoms with Crippen molar-refractivity contribution in [2.45, 2.75) is 39.3 Å². The van der Waals surface area contributed by atoms with E-state index in [2.05, 4.69) is 14.9 Å². The van der Waals surface area contributed by atoms with Gasteiger partial charge in [0, 0.05) is 44.1 Å². The van der Waals surface area contributed by atoms with E-state index in [4.69, 9.17) is 14.2 Å². The summed E-state index contributed by atoms with van der Waals surface area (Å²) in [5, 5.41) is 0. The third-order valence-electron chi connectivity index (χ3n) is 4.91. The Morgan fingerprint density at radius 2 is 1.81 bits per heavy atom. The smallest absolute Gasteiger partial charge is 0.255 e. The van der Waals surface area contributed by atoms with Crippen LogP contribution in [0, 0.1) is 0 Å². The number of methoxy groups -OCH3 is 3. The SMILES string of the molecule is COc1cc(OC)c(CN2CCc3nc(C(C)C)[nH]c(=O)c3C2)c(OC)c1. The van der Waals surface area contributed by atoms with Crippen LogP contribution in [0.4, 0.5) is 0 Å². The quantitative estimate of drug-likeness (QED) is 0.838. The van der Waals surface area contributed by atoms with Crippen LogP contribution in [0.25, 0.3) is 0 Å². The normalized spacial score (nSPS) is 14.1. The molecule has 7 heteroatoms. The number of hydrogen-bond donors (Lipinski definition) is 1. The molecule has 2 aromatic rings. The second-order valence-electron chi connectivity index (χ2n) is 7.00. The van der Waals surface area contributed by atoms with Gasteiger partial charge in [-0.3, -0.25) is 9.69 Å². The maximum absolute atomic E-state index is 12.5. The fourth-order valence-corrected chi connectivity index (χ4v) is 3.37. The summed E-state index contributed by atoms with van der Waals surface area (Å²) in [5.41, 5.74) is 2.55. The lowest BCUT2D eigenvalue weighted by molar-refractivity contribution is 0.233. The van der Waals surface area contributed by atoms with Crippen LogP contribution in [-0.2, 0) is 19.5 Å². The minimum Gasteiger partial charge on any atom is -0.496 e. The molecule has 1 aromatic carbocycles. The predicted molar refractivity (Wildman–Crippen MR) is 103 cm³/mol. The summed E-state index contributed by atoms with van der Waals surface area (Å²) >= 11 is 0. The summed E-state index contributed by atoms with van der Waals surface area (Å²) in [7, 11) is 4.87. The summed E-state index contributed by atoms with van der Waals surface area (Å²) < 4.78 is 16.4. The number of aromatic nitrogens is 2. The minimum absolute atomic E-state index is 0.0398. The van der Waals surface area contributed by atoms with Gasteiger partial charge in [0.2, 0.25) is 0 Å². The van der Waals surface area contributed by atoms with Crippen LogP contribution in [0.1, 0.15) is 42.4 Å². The van der Waals surface area contributed by atoms with Gasteiger partial charge in [0.15, 0.2) is 0 Å². The molecular formula is C20H27N3O4. The maximum Gasteiger partial charge on any atom is 0.255 e. The Labute approximate surface area is 159 Å². The van der Waals surface area contributed by atoms with Crippen molar-refractivity contribution in [2.24, 2.45) is 0 Å². The average Bonchev–Trinajstić information content (AvgIpc) is 2.68. The molecule has 0 aliphatic carbocycles. The van der Waals surface area contributed by atoms with E-state index in [0.29, 0.717) is 30.3 Å². The van der Waals surface area contributed by atoms with Crippen LogP contribution in [0.5, 0.6) is 17.2 Å². The molecule has 1 aliphatic rings. The van der Waals surface area contributed by atoms with Crippen molar-refractivity contribution in [3.05, 3.63) is 45.1 Å². The molecular weight excluding hydrogens is 346 g/mol. The lowest BCUT2D eigenvalue weighted by Crippen LogP contribution is -2.36. The number of aromatic amines is 1. The van der Waals surface area contributed by atoms with Crippen molar-refractivity contribution < 1.29 is 14.2 Å². The maximum atomic E-state index is 12.5. The Morgan fingerprint density at radius 3 is 2.37 bits per heavy atom. The zero-order valence-electron chi connectivity index (χ0n) is 16.6. The van der Waals surface area contributed by atoms with Gasteiger partial charge in [-0.05, 0) is 0 Å². The first-order chi connectivity index (χ1) is 13.0. The molecule has 7 nitrogen and oxygen atoms in total. The molecule has 0 radical (unpaired) electrons. The van der Waals surface area contributed by atoms with Gasteiger partial charge >= 0.3 is 0 Å². The fraction of sp³-hybridized carbons (Fsp3) is 0.500. The van der Waals surface area contributed by atoms with Crippen LogP contribution < -0.4 is 19.8 Å². The Kier molecular flexibility index (Phi) is 5.70. The van der Waals surface area contributed by atoms with Gasteiger partial charge in [-0.2, -0.15) is 0 Å². The van der Waals surface area contributed by atoms with Crippen LogP contribution in [0.2, 0.25) is 0 Å². The van der Waals surface area contributed by atoms with E-state index >= 15 is 0 Å². The highest BCUT2D eigenvalue weighted by molar-refractivity contribution is 5.50. The van der Waals surface area contributed by atoms with E-state index in [9.17, 15) is 4.79 Å². The molecule has 1 N–H and O–H groups in total. The molecule has 146 valence electrons. The Hall–Kier alpha value is -2.54. The topological polar surface area (TPSA) is 76.7 Å². The molecule has 0 saturated carbocycles. The number of nitrogens with one attached hydrogen (secondary N) is 1. The average molecular weight is 373 g/mol. The zero-order chi connectivity index (χ0) is 19.6. The van der Waals surface area contributed by atoms with Gasteiger partial charge in [-0.15, -0.1) is 0 Å². The number of fused-ring (bicyclic) bond motifs is 1. The van der Waals surface area contributed by atoms with Gasteiger partial charge in [0.05, 0.1) is 38.2 Å². The highest BCUT2D eigenvalue weighted by atomic mass is 16.5. The first-order valence-electron chi connectivity index (χ1n) is 9.10. The first-order valence-corrected chi connectivity index (χ1v) is 9.10. The molecule has 3 rings (SSSR count). The first kappa shape index (κ1) is 19.2. The van der Waals surface area contributed by atoms with Crippen molar-refractivity contribution in [3.63, 3.8) is 0 Å². The Morgan fingerprint density at radius 1 is 1.15 bits per heavy atom. The van der Waals surface area contributed by atoms with Crippen molar-refractivity contribution in [2.75, 3.05) is 27.9 Å². The molecule has 0 atom stereocenters. The van der Waals surface area contributed by atoms with Gasteiger partial charge < -0.3 is 19.2 Å². The lowest BCUT2D eigenvalue weighted by atomic mass is 10.0. The van der Waals surface area contributed by atoms with E-state index in [0.717, 1.165) is 35.6 Å². The Bertz CT molecular complexity index is 851. The summed E-state index contributed by atoms with van der Waals surface area (Å²) in [6.07, 6.45) is 0.750. The lowest BCUT2D eigenvalue weighted by Gasteiger charge is -2.29. The molecule has 1 aliphatic heterocycles. The Balaban J connectivity index is 1.88.